The number of hydrogen-bond donors (Lipinski definition) is 0. The number of benzene rings is 1. The average molecular weight is 585 g/mol. The largest absolute Gasteiger partial charge is 0.158 e. The maximum absolute atomic E-state index is 4.05. The summed E-state index contributed by atoms with van der Waals surface area (Å²) >= 11 is 0. The molecule has 5 aliphatic carbocycles. The van der Waals surface area contributed by atoms with Crippen LogP contribution in [0, 0.1) is 11.8 Å². The molecule has 6 aliphatic rings. The van der Waals surface area contributed by atoms with E-state index in [0.717, 1.165) is 40.8 Å². The van der Waals surface area contributed by atoms with E-state index in [1.807, 2.05) is 48.6 Å². The lowest BCUT2D eigenvalue weighted by molar-refractivity contribution is 0.638. The Bertz CT molecular complexity index is 1410. The third kappa shape index (κ3) is 9.66. The molecular formula is C36H40N8. The molecule has 3 aromatic rings. The van der Waals surface area contributed by atoms with Crippen LogP contribution in [0.1, 0.15) is 86.5 Å². The Kier molecular flexibility index (Phi) is 12.2. The van der Waals surface area contributed by atoms with Gasteiger partial charge in [-0.3, -0.25) is 0 Å². The fraction of sp³-hybridized carbons (Fsp3) is 0.333. The lowest BCUT2D eigenvalue weighted by Gasteiger charge is -2.00. The first-order valence-electron chi connectivity index (χ1n) is 15.7. The summed E-state index contributed by atoms with van der Waals surface area (Å²) in [6.45, 7) is 0. The van der Waals surface area contributed by atoms with Gasteiger partial charge in [-0.25, -0.2) is 0 Å². The quantitative estimate of drug-likeness (QED) is 0.250. The Hall–Kier alpha value is -4.72. The molecule has 4 bridgehead atoms. The van der Waals surface area contributed by atoms with E-state index >= 15 is 0 Å². The van der Waals surface area contributed by atoms with Gasteiger partial charge in [0.25, 0.3) is 0 Å². The van der Waals surface area contributed by atoms with Crippen molar-refractivity contribution in [1.29, 1.82) is 0 Å². The number of allylic oxidation sites excluding steroid dienone is 8. The fourth-order valence-electron chi connectivity index (χ4n) is 5.70. The van der Waals surface area contributed by atoms with Crippen LogP contribution in [-0.4, -0.2) is 42.2 Å². The van der Waals surface area contributed by atoms with E-state index in [1.165, 1.54) is 81.3 Å². The molecule has 3 heterocycles. The number of hydrogen-bond acceptors (Lipinski definition) is 8. The van der Waals surface area contributed by atoms with Crippen molar-refractivity contribution in [3.05, 3.63) is 120 Å². The fourth-order valence-corrected chi connectivity index (χ4v) is 5.70. The van der Waals surface area contributed by atoms with Crippen LogP contribution in [-0.2, 0) is 0 Å². The summed E-state index contributed by atoms with van der Waals surface area (Å²) in [5.41, 5.74) is 7.03. The van der Waals surface area contributed by atoms with Crippen molar-refractivity contribution in [2.75, 3.05) is 0 Å². The molecule has 0 radical (unpaired) electrons. The Morgan fingerprint density at radius 3 is 1.50 bits per heavy atom. The SMILES string of the molecule is C1=CC2CCC1C2.C1=CC=Cc2cnncc2C=C1.C1=CCCCCCC1.c1ccc2c(c1)C1=NN=C2C1.c1cnnnn1. The minimum absolute atomic E-state index is 0.944. The van der Waals surface area contributed by atoms with Gasteiger partial charge in [0, 0.05) is 28.7 Å². The van der Waals surface area contributed by atoms with Gasteiger partial charge in [0.15, 0.2) is 0 Å². The highest BCUT2D eigenvalue weighted by Gasteiger charge is 2.27. The molecule has 44 heavy (non-hydrogen) atoms. The molecule has 1 aliphatic heterocycles. The standard InChI is InChI=1S/C10H8N2.C9H6N2.C8H14.C7H10.C2H2N4/c1-2-4-6-10-8-12-11-7-9(10)5-3-1;1-2-4-7-6(3-1)8-5-9(7)11-10-8;1-2-4-6-8-7-5-3-1;1-2-7-4-3-6(1)5-7;1-2-4-6-5-3-1/h1-8H;1-4H,5H2;1-2H,3-8H2;1-2,6-7H,3-5H2;1-2H. The van der Waals surface area contributed by atoms with Gasteiger partial charge in [-0.1, -0.05) is 97.9 Å². The summed E-state index contributed by atoms with van der Waals surface area (Å²) < 4.78 is 0. The van der Waals surface area contributed by atoms with E-state index in [-0.39, 0.29) is 0 Å². The first kappa shape index (κ1) is 30.7. The zero-order valence-electron chi connectivity index (χ0n) is 25.2. The molecule has 1 aromatic carbocycles. The van der Waals surface area contributed by atoms with Crippen molar-refractivity contribution in [3.63, 3.8) is 0 Å². The highest BCUT2D eigenvalue weighted by atomic mass is 15.4. The summed E-state index contributed by atoms with van der Waals surface area (Å²) in [4.78, 5) is 0. The lowest BCUT2D eigenvalue weighted by Crippen LogP contribution is -1.93. The predicted molar refractivity (Wildman–Crippen MR) is 178 cm³/mol. The number of aromatic nitrogens is 6. The monoisotopic (exact) mass is 584 g/mol. The molecule has 224 valence electrons. The summed E-state index contributed by atoms with van der Waals surface area (Å²) in [6.07, 6.45) is 41.6. The van der Waals surface area contributed by atoms with Crippen LogP contribution < -0.4 is 0 Å². The zero-order chi connectivity index (χ0) is 30.1. The third-order valence-electron chi connectivity index (χ3n) is 8.02. The Balaban J connectivity index is 0.000000112. The summed E-state index contributed by atoms with van der Waals surface area (Å²) in [5, 5.41) is 28.8. The molecule has 1 saturated carbocycles. The molecule has 2 unspecified atom stereocenters. The number of nitrogens with zero attached hydrogens (tertiary/aromatic N) is 8. The molecule has 2 aromatic heterocycles. The Morgan fingerprint density at radius 1 is 0.568 bits per heavy atom. The van der Waals surface area contributed by atoms with Gasteiger partial charge < -0.3 is 0 Å². The van der Waals surface area contributed by atoms with Gasteiger partial charge in [-0.05, 0) is 67.2 Å². The minimum Gasteiger partial charge on any atom is -0.158 e. The van der Waals surface area contributed by atoms with E-state index < -0.39 is 0 Å². The molecule has 1 fully saturated rings. The molecule has 0 N–H and O–H groups in total. The van der Waals surface area contributed by atoms with E-state index in [9.17, 15) is 0 Å². The summed E-state index contributed by atoms with van der Waals surface area (Å²) in [7, 11) is 0. The molecule has 8 nitrogen and oxygen atoms in total. The minimum atomic E-state index is 0.944. The maximum atomic E-state index is 4.05. The lowest BCUT2D eigenvalue weighted by atomic mass is 10.1. The van der Waals surface area contributed by atoms with Crippen molar-refractivity contribution in [1.82, 2.24) is 30.8 Å². The molecule has 8 heteroatoms. The Morgan fingerprint density at radius 2 is 1.09 bits per heavy atom. The predicted octanol–water partition coefficient (Wildman–Crippen LogP) is 7.81. The summed E-state index contributed by atoms with van der Waals surface area (Å²) in [5.74, 6) is 1.98. The van der Waals surface area contributed by atoms with Gasteiger partial charge in [-0.2, -0.15) is 20.4 Å². The van der Waals surface area contributed by atoms with Crippen molar-refractivity contribution >= 4 is 23.6 Å². The smallest absolute Gasteiger partial charge is 0.0769 e. The van der Waals surface area contributed by atoms with Crippen LogP contribution in [0.25, 0.3) is 12.2 Å². The molecular weight excluding hydrogens is 544 g/mol. The van der Waals surface area contributed by atoms with Gasteiger partial charge in [-0.15, -0.1) is 10.2 Å². The molecule has 2 atom stereocenters. The first-order valence-corrected chi connectivity index (χ1v) is 15.7. The topological polar surface area (TPSA) is 102 Å². The highest BCUT2D eigenvalue weighted by Crippen LogP contribution is 2.38. The molecule has 0 spiro atoms. The van der Waals surface area contributed by atoms with Crippen LogP contribution in [0.4, 0.5) is 0 Å². The van der Waals surface area contributed by atoms with E-state index in [1.54, 1.807) is 12.4 Å². The van der Waals surface area contributed by atoms with Crippen molar-refractivity contribution in [2.45, 2.75) is 64.2 Å². The Labute approximate surface area is 260 Å². The van der Waals surface area contributed by atoms with Crippen molar-refractivity contribution in [3.8, 4) is 0 Å². The van der Waals surface area contributed by atoms with E-state index in [4.69, 9.17) is 0 Å². The third-order valence-corrected chi connectivity index (χ3v) is 8.02. The van der Waals surface area contributed by atoms with Crippen LogP contribution in [0.15, 0.2) is 108 Å². The molecule has 9 rings (SSSR count). The van der Waals surface area contributed by atoms with Gasteiger partial charge in [0.05, 0.1) is 36.2 Å². The van der Waals surface area contributed by atoms with Crippen molar-refractivity contribution in [2.24, 2.45) is 22.0 Å². The first-order chi connectivity index (χ1) is 21.9. The molecule has 0 amide bonds. The second-order valence-electron chi connectivity index (χ2n) is 11.2. The highest BCUT2D eigenvalue weighted by molar-refractivity contribution is 6.30. The van der Waals surface area contributed by atoms with Gasteiger partial charge in [0.1, 0.15) is 0 Å². The maximum Gasteiger partial charge on any atom is 0.0769 e. The van der Waals surface area contributed by atoms with Gasteiger partial charge >= 0.3 is 0 Å². The normalized spacial score (nSPS) is 20.5. The second kappa shape index (κ2) is 17.4. The van der Waals surface area contributed by atoms with Crippen LogP contribution >= 0.6 is 0 Å². The van der Waals surface area contributed by atoms with E-state index in [0.29, 0.717) is 0 Å². The van der Waals surface area contributed by atoms with Crippen LogP contribution in [0.2, 0.25) is 0 Å². The summed E-state index contributed by atoms with van der Waals surface area (Å²) in [6, 6.07) is 8.30. The molecule has 0 saturated heterocycles. The van der Waals surface area contributed by atoms with Crippen LogP contribution in [0.5, 0.6) is 0 Å². The second-order valence-corrected chi connectivity index (χ2v) is 11.2. The average Bonchev–Trinajstić information content (AvgIpc) is 3.88. The number of rotatable bonds is 0. The van der Waals surface area contributed by atoms with E-state index in [2.05, 4.69) is 77.5 Å². The van der Waals surface area contributed by atoms with Gasteiger partial charge in [0.2, 0.25) is 0 Å². The van der Waals surface area contributed by atoms with Crippen molar-refractivity contribution < 1.29 is 0 Å². The number of fused-ring (bicyclic) bond motifs is 8. The van der Waals surface area contributed by atoms with Crippen LogP contribution in [0.3, 0.4) is 0 Å². The zero-order valence-corrected chi connectivity index (χ0v) is 25.2.